The van der Waals surface area contributed by atoms with Crippen molar-refractivity contribution in [2.45, 2.75) is 38.5 Å². The van der Waals surface area contributed by atoms with E-state index < -0.39 is 11.7 Å². The van der Waals surface area contributed by atoms with E-state index in [-0.39, 0.29) is 23.5 Å². The third-order valence-electron chi connectivity index (χ3n) is 6.42. The van der Waals surface area contributed by atoms with Gasteiger partial charge in [0.25, 0.3) is 0 Å². The van der Waals surface area contributed by atoms with Gasteiger partial charge < -0.3 is 20.3 Å². The van der Waals surface area contributed by atoms with Crippen LogP contribution in [0.3, 0.4) is 0 Å². The number of hydrogen-bond donors (Lipinski definition) is 2. The second kappa shape index (κ2) is 9.33. The van der Waals surface area contributed by atoms with Gasteiger partial charge >= 0.3 is 6.18 Å². The zero-order valence-electron chi connectivity index (χ0n) is 19.6. The average molecular weight is 485 g/mol. The Kier molecular flexibility index (Phi) is 6.22. The molecule has 2 aliphatic rings. The first-order chi connectivity index (χ1) is 16.8. The van der Waals surface area contributed by atoms with Gasteiger partial charge in [0.15, 0.2) is 11.8 Å². The van der Waals surface area contributed by atoms with Crippen LogP contribution in [0.2, 0.25) is 0 Å². The zero-order chi connectivity index (χ0) is 24.6. The number of rotatable bonds is 4. The van der Waals surface area contributed by atoms with Crippen LogP contribution in [0.5, 0.6) is 0 Å². The molecule has 35 heavy (non-hydrogen) atoms. The van der Waals surface area contributed by atoms with E-state index in [9.17, 15) is 13.2 Å². The number of fused-ring (bicyclic) bond motifs is 1. The van der Waals surface area contributed by atoms with Gasteiger partial charge in [-0.3, -0.25) is 0 Å². The molecule has 184 valence electrons. The maximum atomic E-state index is 13.8. The van der Waals surface area contributed by atoms with Crippen LogP contribution in [0.25, 0.3) is 22.3 Å². The molecule has 2 aliphatic heterocycles. The Hall–Kier alpha value is -3.40. The van der Waals surface area contributed by atoms with Gasteiger partial charge in [-0.05, 0) is 31.5 Å². The minimum atomic E-state index is -4.53. The van der Waals surface area contributed by atoms with Crippen molar-refractivity contribution in [3.8, 4) is 11.4 Å². The maximum Gasteiger partial charge on any atom is 0.417 e. The van der Waals surface area contributed by atoms with E-state index in [0.29, 0.717) is 49.0 Å². The molecule has 1 fully saturated rings. The standard InChI is InChI=1S/C25H27F3N6O/c1-3-19-15(2)29-24(30-19)33-23-17-8-6-10-20(34-11-13-35-14-12-34)21(17)31-22(32-23)16-7-4-5-9-18(16)25(26,27)28/h4-10,15,19H,3,11-14H2,1-2H3,(H2,29,30,31,32,33). The van der Waals surface area contributed by atoms with Crippen molar-refractivity contribution in [3.05, 3.63) is 48.0 Å². The molecular weight excluding hydrogens is 457 g/mol. The fourth-order valence-electron chi connectivity index (χ4n) is 4.59. The fourth-order valence-corrected chi connectivity index (χ4v) is 4.59. The van der Waals surface area contributed by atoms with Gasteiger partial charge in [-0.15, -0.1) is 0 Å². The van der Waals surface area contributed by atoms with Crippen molar-refractivity contribution in [2.24, 2.45) is 4.99 Å². The predicted octanol–water partition coefficient (Wildman–Crippen LogP) is 4.69. The Bertz CT molecular complexity index is 1260. The smallest absolute Gasteiger partial charge is 0.378 e. The molecule has 0 amide bonds. The molecule has 0 radical (unpaired) electrons. The predicted molar refractivity (Wildman–Crippen MR) is 131 cm³/mol. The largest absolute Gasteiger partial charge is 0.417 e. The summed E-state index contributed by atoms with van der Waals surface area (Å²) in [5.74, 6) is 0.968. The summed E-state index contributed by atoms with van der Waals surface area (Å²) >= 11 is 0. The number of nitrogens with one attached hydrogen (secondary N) is 2. The van der Waals surface area contributed by atoms with Crippen LogP contribution in [-0.2, 0) is 10.9 Å². The van der Waals surface area contributed by atoms with Gasteiger partial charge in [0.1, 0.15) is 5.82 Å². The van der Waals surface area contributed by atoms with Crippen molar-refractivity contribution in [3.63, 3.8) is 0 Å². The highest BCUT2D eigenvalue weighted by Crippen LogP contribution is 2.38. The Balaban J connectivity index is 1.69. The number of nitrogens with zero attached hydrogens (tertiary/aromatic N) is 4. The first-order valence-corrected chi connectivity index (χ1v) is 11.8. The number of aromatic nitrogens is 2. The SMILES string of the molecule is CCC1N=C(Nc2nc(-c3ccccc3C(F)(F)F)nc3c(N4CCOCC4)cccc23)NC1C. The Morgan fingerprint density at radius 3 is 2.57 bits per heavy atom. The summed E-state index contributed by atoms with van der Waals surface area (Å²) in [5, 5.41) is 7.26. The van der Waals surface area contributed by atoms with Crippen LogP contribution in [-0.4, -0.2) is 54.3 Å². The summed E-state index contributed by atoms with van der Waals surface area (Å²) in [6, 6.07) is 11.4. The molecule has 0 aliphatic carbocycles. The number of benzene rings is 2. The lowest BCUT2D eigenvalue weighted by molar-refractivity contribution is -0.137. The van der Waals surface area contributed by atoms with E-state index in [1.54, 1.807) is 6.07 Å². The minimum absolute atomic E-state index is 0.00678. The number of ether oxygens (including phenoxy) is 1. The van der Waals surface area contributed by atoms with Crippen molar-refractivity contribution in [1.29, 1.82) is 0 Å². The number of halogens is 3. The molecule has 0 saturated carbocycles. The van der Waals surface area contributed by atoms with Gasteiger partial charge in [0.2, 0.25) is 0 Å². The molecule has 1 aromatic heterocycles. The summed E-state index contributed by atoms with van der Waals surface area (Å²) in [7, 11) is 0. The molecule has 3 heterocycles. The third-order valence-corrected chi connectivity index (χ3v) is 6.42. The average Bonchev–Trinajstić information content (AvgIpc) is 3.22. The van der Waals surface area contributed by atoms with E-state index in [4.69, 9.17) is 4.74 Å². The van der Waals surface area contributed by atoms with Crippen LogP contribution in [0.15, 0.2) is 47.5 Å². The topological polar surface area (TPSA) is 74.7 Å². The lowest BCUT2D eigenvalue weighted by Crippen LogP contribution is -2.36. The van der Waals surface area contributed by atoms with Crippen LogP contribution in [0.1, 0.15) is 25.8 Å². The molecule has 10 heteroatoms. The lowest BCUT2D eigenvalue weighted by atomic mass is 10.1. The third kappa shape index (κ3) is 4.62. The monoisotopic (exact) mass is 484 g/mol. The zero-order valence-corrected chi connectivity index (χ0v) is 19.6. The normalized spacial score (nSPS) is 20.6. The summed E-state index contributed by atoms with van der Waals surface area (Å²) in [5.41, 5.74) is 0.577. The molecule has 0 spiro atoms. The summed E-state index contributed by atoms with van der Waals surface area (Å²) in [6.45, 7) is 6.61. The van der Waals surface area contributed by atoms with Crippen LogP contribution < -0.4 is 15.5 Å². The van der Waals surface area contributed by atoms with E-state index in [1.807, 2.05) is 25.1 Å². The van der Waals surface area contributed by atoms with Crippen molar-refractivity contribution >= 4 is 28.4 Å². The molecule has 7 nitrogen and oxygen atoms in total. The summed E-state index contributed by atoms with van der Waals surface area (Å²) in [4.78, 5) is 16.1. The van der Waals surface area contributed by atoms with E-state index in [0.717, 1.165) is 18.2 Å². The summed E-state index contributed by atoms with van der Waals surface area (Å²) < 4.78 is 47.0. The van der Waals surface area contributed by atoms with E-state index in [1.165, 1.54) is 12.1 Å². The quantitative estimate of drug-likeness (QED) is 0.560. The van der Waals surface area contributed by atoms with Crippen LogP contribution in [0.4, 0.5) is 24.7 Å². The highest BCUT2D eigenvalue weighted by molar-refractivity contribution is 6.05. The van der Waals surface area contributed by atoms with Crippen LogP contribution in [0, 0.1) is 0 Å². The van der Waals surface area contributed by atoms with Gasteiger partial charge in [-0.25, -0.2) is 15.0 Å². The minimum Gasteiger partial charge on any atom is -0.378 e. The number of anilines is 2. The first kappa shape index (κ1) is 23.3. The first-order valence-electron chi connectivity index (χ1n) is 11.8. The molecule has 2 aromatic carbocycles. The number of hydrogen-bond acceptors (Lipinski definition) is 7. The molecule has 5 rings (SSSR count). The molecule has 3 aromatic rings. The summed E-state index contributed by atoms with van der Waals surface area (Å²) in [6.07, 6.45) is -3.66. The maximum absolute atomic E-state index is 13.8. The Morgan fingerprint density at radius 1 is 1.09 bits per heavy atom. The van der Waals surface area contributed by atoms with Gasteiger partial charge in [-0.1, -0.05) is 31.2 Å². The van der Waals surface area contributed by atoms with Crippen molar-refractivity contribution in [2.75, 3.05) is 36.5 Å². The Labute approximate surface area is 201 Å². The molecule has 1 saturated heterocycles. The number of aliphatic imine (C=N–C) groups is 1. The van der Waals surface area contributed by atoms with Gasteiger partial charge in [0.05, 0.1) is 36.0 Å². The Morgan fingerprint density at radius 2 is 1.86 bits per heavy atom. The highest BCUT2D eigenvalue weighted by atomic mass is 19.4. The molecule has 2 atom stereocenters. The molecular formula is C25H27F3N6O. The van der Waals surface area contributed by atoms with Gasteiger partial charge in [-0.2, -0.15) is 13.2 Å². The highest BCUT2D eigenvalue weighted by Gasteiger charge is 2.34. The van der Waals surface area contributed by atoms with E-state index >= 15 is 0 Å². The number of para-hydroxylation sites is 1. The molecule has 2 N–H and O–H groups in total. The van der Waals surface area contributed by atoms with Crippen molar-refractivity contribution in [1.82, 2.24) is 15.3 Å². The fraction of sp³-hybridized carbons (Fsp3) is 0.400. The molecule has 2 unspecified atom stereocenters. The van der Waals surface area contributed by atoms with Gasteiger partial charge in [0, 0.05) is 30.1 Å². The lowest BCUT2D eigenvalue weighted by Gasteiger charge is -2.29. The van der Waals surface area contributed by atoms with Crippen LogP contribution >= 0.6 is 0 Å². The molecule has 0 bridgehead atoms. The number of guanidine groups is 1. The van der Waals surface area contributed by atoms with Crippen molar-refractivity contribution < 1.29 is 17.9 Å². The van der Waals surface area contributed by atoms with E-state index in [2.05, 4.69) is 37.4 Å². The number of alkyl halides is 3. The second-order valence-corrected chi connectivity index (χ2v) is 8.72. The number of morpholine rings is 1. The second-order valence-electron chi connectivity index (χ2n) is 8.72.